The fourth-order valence-corrected chi connectivity index (χ4v) is 1.24. The van der Waals surface area contributed by atoms with Crippen molar-refractivity contribution in [3.63, 3.8) is 0 Å². The summed E-state index contributed by atoms with van der Waals surface area (Å²) in [6.45, 7) is 0.817. The van der Waals surface area contributed by atoms with Crippen LogP contribution >= 0.6 is 23.4 Å². The van der Waals surface area contributed by atoms with Crippen LogP contribution in [0.5, 0.6) is 0 Å². The van der Waals surface area contributed by atoms with E-state index >= 15 is 0 Å². The van der Waals surface area contributed by atoms with Crippen molar-refractivity contribution in [3.05, 3.63) is 11.2 Å². The molecule has 0 saturated heterocycles. The Morgan fingerprint density at radius 1 is 1.69 bits per heavy atom. The van der Waals surface area contributed by atoms with Crippen LogP contribution in [0.1, 0.15) is 0 Å². The third-order valence-electron chi connectivity index (χ3n) is 1.36. The predicted octanol–water partition coefficient (Wildman–Crippen LogP) is 1.49. The molecule has 72 valence electrons. The van der Waals surface area contributed by atoms with Crippen molar-refractivity contribution in [2.24, 2.45) is 0 Å². The molecule has 0 aromatic carbocycles. The molecule has 1 heterocycles. The summed E-state index contributed by atoms with van der Waals surface area (Å²) in [5, 5.41) is 3.57. The minimum Gasteiger partial charge on any atom is -0.368 e. The van der Waals surface area contributed by atoms with Crippen LogP contribution < -0.4 is 11.1 Å². The molecule has 0 aliphatic carbocycles. The highest BCUT2D eigenvalue weighted by atomic mass is 35.5. The van der Waals surface area contributed by atoms with Crippen LogP contribution in [-0.4, -0.2) is 28.5 Å². The van der Waals surface area contributed by atoms with Gasteiger partial charge >= 0.3 is 0 Å². The molecular weight excluding hydrogens is 208 g/mol. The van der Waals surface area contributed by atoms with Gasteiger partial charge in [-0.3, -0.25) is 0 Å². The third kappa shape index (κ3) is 3.28. The van der Waals surface area contributed by atoms with Gasteiger partial charge < -0.3 is 11.1 Å². The molecule has 0 amide bonds. The minimum atomic E-state index is 0.232. The number of halogens is 1. The van der Waals surface area contributed by atoms with E-state index in [-0.39, 0.29) is 5.95 Å². The van der Waals surface area contributed by atoms with Crippen LogP contribution in [-0.2, 0) is 0 Å². The van der Waals surface area contributed by atoms with Crippen LogP contribution in [0.3, 0.4) is 0 Å². The van der Waals surface area contributed by atoms with Crippen molar-refractivity contribution in [3.8, 4) is 0 Å². The Hall–Kier alpha value is -0.680. The third-order valence-corrected chi connectivity index (χ3v) is 2.25. The zero-order valence-corrected chi connectivity index (χ0v) is 8.82. The number of nitrogen functional groups attached to an aromatic ring is 1. The van der Waals surface area contributed by atoms with E-state index in [1.54, 1.807) is 11.8 Å². The summed E-state index contributed by atoms with van der Waals surface area (Å²) < 4.78 is 0. The Balaban J connectivity index is 2.59. The summed E-state index contributed by atoms with van der Waals surface area (Å²) in [7, 11) is 0. The topological polar surface area (TPSA) is 63.8 Å². The van der Waals surface area contributed by atoms with Crippen LogP contribution in [0.15, 0.2) is 6.20 Å². The lowest BCUT2D eigenvalue weighted by atomic mass is 10.5. The van der Waals surface area contributed by atoms with E-state index in [1.807, 2.05) is 6.26 Å². The quantitative estimate of drug-likeness (QED) is 0.750. The van der Waals surface area contributed by atoms with Gasteiger partial charge in [0.2, 0.25) is 5.95 Å². The largest absolute Gasteiger partial charge is 0.368 e. The monoisotopic (exact) mass is 218 g/mol. The number of thioether (sulfide) groups is 1. The lowest BCUT2D eigenvalue weighted by molar-refractivity contribution is 1.13. The van der Waals surface area contributed by atoms with Crippen LogP contribution in [0.25, 0.3) is 0 Å². The zero-order valence-electron chi connectivity index (χ0n) is 7.25. The van der Waals surface area contributed by atoms with Gasteiger partial charge in [0.1, 0.15) is 5.02 Å². The smallest absolute Gasteiger partial charge is 0.222 e. The molecular formula is C7H11ClN4S. The number of aromatic nitrogens is 2. The highest BCUT2D eigenvalue weighted by Crippen LogP contribution is 2.17. The minimum absolute atomic E-state index is 0.232. The molecule has 4 nitrogen and oxygen atoms in total. The first-order valence-electron chi connectivity index (χ1n) is 3.75. The molecule has 6 heteroatoms. The summed E-state index contributed by atoms with van der Waals surface area (Å²) in [5.74, 6) is 1.83. The Labute approximate surface area is 86.3 Å². The van der Waals surface area contributed by atoms with E-state index in [4.69, 9.17) is 17.3 Å². The first-order valence-corrected chi connectivity index (χ1v) is 5.52. The number of rotatable bonds is 4. The number of hydrogen-bond acceptors (Lipinski definition) is 5. The molecule has 0 fully saturated rings. The van der Waals surface area contributed by atoms with Gasteiger partial charge in [-0.2, -0.15) is 16.7 Å². The lowest BCUT2D eigenvalue weighted by Gasteiger charge is -2.05. The molecule has 3 N–H and O–H groups in total. The summed E-state index contributed by atoms with van der Waals surface area (Å²) in [6.07, 6.45) is 3.53. The van der Waals surface area contributed by atoms with Gasteiger partial charge in [0, 0.05) is 12.3 Å². The SMILES string of the molecule is CSCCNc1nc(N)ncc1Cl. The summed E-state index contributed by atoms with van der Waals surface area (Å²) in [4.78, 5) is 7.72. The molecule has 13 heavy (non-hydrogen) atoms. The van der Waals surface area contributed by atoms with Crippen LogP contribution in [0.2, 0.25) is 5.02 Å². The number of nitrogens with one attached hydrogen (secondary N) is 1. The number of hydrogen-bond donors (Lipinski definition) is 2. The maximum absolute atomic E-state index is 5.83. The van der Waals surface area contributed by atoms with E-state index in [1.165, 1.54) is 6.20 Å². The highest BCUT2D eigenvalue weighted by molar-refractivity contribution is 7.98. The molecule has 1 aromatic rings. The number of anilines is 2. The standard InChI is InChI=1S/C7H11ClN4S/c1-13-3-2-10-6-5(8)4-11-7(9)12-6/h4H,2-3H2,1H3,(H3,9,10,11,12). The van der Waals surface area contributed by atoms with Gasteiger partial charge in [-0.15, -0.1) is 0 Å². The molecule has 1 rings (SSSR count). The van der Waals surface area contributed by atoms with Crippen molar-refractivity contribution in [2.45, 2.75) is 0 Å². The van der Waals surface area contributed by atoms with Gasteiger partial charge in [-0.05, 0) is 6.26 Å². The van der Waals surface area contributed by atoms with Crippen molar-refractivity contribution in [2.75, 3.05) is 29.6 Å². The van der Waals surface area contributed by atoms with Crippen LogP contribution in [0.4, 0.5) is 11.8 Å². The van der Waals surface area contributed by atoms with Gasteiger partial charge in [0.05, 0.1) is 6.20 Å². The Morgan fingerprint density at radius 2 is 2.46 bits per heavy atom. The molecule has 0 saturated carbocycles. The molecule has 0 atom stereocenters. The molecule has 0 aliphatic rings. The second-order valence-electron chi connectivity index (χ2n) is 2.34. The first-order chi connectivity index (χ1) is 6.24. The normalized spacial score (nSPS) is 10.0. The summed E-state index contributed by atoms with van der Waals surface area (Å²) in [5.41, 5.74) is 5.41. The Bertz CT molecular complexity index is 281. The van der Waals surface area contributed by atoms with Gasteiger partial charge in [-0.25, -0.2) is 4.98 Å². The number of nitrogens with zero attached hydrogens (tertiary/aromatic N) is 2. The summed E-state index contributed by atoms with van der Waals surface area (Å²) in [6, 6.07) is 0. The van der Waals surface area contributed by atoms with Gasteiger partial charge in [0.25, 0.3) is 0 Å². The highest BCUT2D eigenvalue weighted by Gasteiger charge is 2.01. The maximum Gasteiger partial charge on any atom is 0.222 e. The second kappa shape index (κ2) is 5.14. The molecule has 0 aliphatic heterocycles. The molecule has 1 aromatic heterocycles. The lowest BCUT2D eigenvalue weighted by Crippen LogP contribution is -2.07. The van der Waals surface area contributed by atoms with Crippen molar-refractivity contribution in [1.82, 2.24) is 9.97 Å². The van der Waals surface area contributed by atoms with E-state index in [0.717, 1.165) is 12.3 Å². The fourth-order valence-electron chi connectivity index (χ4n) is 0.776. The Morgan fingerprint density at radius 3 is 3.15 bits per heavy atom. The number of nitrogens with two attached hydrogens (primary N) is 1. The zero-order chi connectivity index (χ0) is 9.68. The maximum atomic E-state index is 5.83. The van der Waals surface area contributed by atoms with E-state index < -0.39 is 0 Å². The van der Waals surface area contributed by atoms with Gasteiger partial charge in [0.15, 0.2) is 5.82 Å². The summed E-state index contributed by atoms with van der Waals surface area (Å²) >= 11 is 7.58. The first kappa shape index (κ1) is 10.4. The van der Waals surface area contributed by atoms with E-state index in [2.05, 4.69) is 15.3 Å². The average molecular weight is 219 g/mol. The molecule has 0 unspecified atom stereocenters. The van der Waals surface area contributed by atoms with Crippen LogP contribution in [0, 0.1) is 0 Å². The van der Waals surface area contributed by atoms with E-state index in [9.17, 15) is 0 Å². The van der Waals surface area contributed by atoms with Gasteiger partial charge in [-0.1, -0.05) is 11.6 Å². The molecule has 0 bridgehead atoms. The predicted molar refractivity (Wildman–Crippen MR) is 58.3 cm³/mol. The van der Waals surface area contributed by atoms with Crippen molar-refractivity contribution in [1.29, 1.82) is 0 Å². The fraction of sp³-hybridized carbons (Fsp3) is 0.429. The average Bonchev–Trinajstić information content (AvgIpc) is 2.11. The van der Waals surface area contributed by atoms with Crippen molar-refractivity contribution >= 4 is 35.1 Å². The van der Waals surface area contributed by atoms with Crippen molar-refractivity contribution < 1.29 is 0 Å². The second-order valence-corrected chi connectivity index (χ2v) is 3.74. The van der Waals surface area contributed by atoms with E-state index in [0.29, 0.717) is 10.8 Å². The molecule has 0 radical (unpaired) electrons. The Kier molecular flexibility index (Phi) is 4.11. The molecule has 0 spiro atoms.